The third-order valence-corrected chi connectivity index (χ3v) is 16.3. The van der Waals surface area contributed by atoms with Crippen molar-refractivity contribution < 1.29 is 0 Å². The lowest BCUT2D eigenvalue weighted by Gasteiger charge is -2.45. The largest absolute Gasteiger partial charge is 0.311 e. The Morgan fingerprint density at radius 1 is 0.403 bits per heavy atom. The molecule has 0 unspecified atom stereocenters. The molecule has 0 bridgehead atoms. The lowest BCUT2D eigenvalue weighted by molar-refractivity contribution is 0.590. The Kier molecular flexibility index (Phi) is 10.7. The van der Waals surface area contributed by atoms with Gasteiger partial charge in [0.1, 0.15) is 0 Å². The first-order valence-corrected chi connectivity index (χ1v) is 26.4. The van der Waals surface area contributed by atoms with Crippen molar-refractivity contribution in [2.24, 2.45) is 0 Å². The zero-order valence-corrected chi connectivity index (χ0v) is 44.1. The van der Waals surface area contributed by atoms with E-state index in [1.807, 2.05) is 11.3 Å². The first-order valence-electron chi connectivity index (χ1n) is 25.6. The zero-order valence-electron chi connectivity index (χ0n) is 43.3. The summed E-state index contributed by atoms with van der Waals surface area (Å²) in [5, 5.41) is 2.60. The predicted molar refractivity (Wildman–Crippen MR) is 314 cm³/mol. The van der Waals surface area contributed by atoms with Crippen molar-refractivity contribution in [3.05, 3.63) is 216 Å². The Morgan fingerprint density at radius 3 is 1.67 bits per heavy atom. The lowest BCUT2D eigenvalue weighted by atomic mass is 9.33. The highest BCUT2D eigenvalue weighted by molar-refractivity contribution is 7.25. The number of rotatable bonds is 6. The predicted octanol–water partition coefficient (Wildman–Crippen LogP) is 17.5. The van der Waals surface area contributed by atoms with E-state index in [0.717, 1.165) is 22.7 Å². The Hall–Kier alpha value is -7.34. The molecule has 0 atom stereocenters. The lowest BCUT2D eigenvalue weighted by Crippen LogP contribution is -2.61. The summed E-state index contributed by atoms with van der Waals surface area (Å²) in [6.07, 6.45) is 0. The van der Waals surface area contributed by atoms with E-state index in [4.69, 9.17) is 0 Å². The van der Waals surface area contributed by atoms with Crippen molar-refractivity contribution in [1.29, 1.82) is 0 Å². The van der Waals surface area contributed by atoms with E-state index in [2.05, 4.69) is 278 Å². The summed E-state index contributed by atoms with van der Waals surface area (Å²) in [6, 6.07) is 73.8. The molecule has 72 heavy (non-hydrogen) atoms. The van der Waals surface area contributed by atoms with Crippen LogP contribution in [0.4, 0.5) is 51.2 Å². The van der Waals surface area contributed by atoms with Gasteiger partial charge in [-0.05, 0) is 152 Å². The normalized spacial score (nSPS) is 13.3. The average Bonchev–Trinajstić information content (AvgIpc) is 3.74. The van der Waals surface area contributed by atoms with Crippen LogP contribution in [0.5, 0.6) is 0 Å². The van der Waals surface area contributed by atoms with E-state index in [0.29, 0.717) is 0 Å². The minimum Gasteiger partial charge on any atom is -0.311 e. The topological polar surface area (TPSA) is 9.72 Å². The number of hydrogen-bond acceptors (Lipinski definition) is 4. The van der Waals surface area contributed by atoms with Crippen LogP contribution < -0.4 is 31.1 Å². The maximum absolute atomic E-state index is 2.62. The maximum atomic E-state index is 2.62. The molecule has 0 aliphatic carbocycles. The smallest absolute Gasteiger partial charge is 0.252 e. The Labute approximate surface area is 431 Å². The third kappa shape index (κ3) is 7.72. The van der Waals surface area contributed by atoms with E-state index in [-0.39, 0.29) is 23.0 Å². The van der Waals surface area contributed by atoms with Crippen LogP contribution in [0.15, 0.2) is 194 Å². The summed E-state index contributed by atoms with van der Waals surface area (Å²) >= 11 is 1.87. The van der Waals surface area contributed by atoms with Gasteiger partial charge in [0, 0.05) is 71.2 Å². The summed E-state index contributed by atoms with van der Waals surface area (Å²) in [7, 11) is 0. The fourth-order valence-corrected chi connectivity index (χ4v) is 12.4. The van der Waals surface area contributed by atoms with E-state index in [1.165, 1.54) is 98.4 Å². The average molecular weight is 952 g/mol. The first kappa shape index (κ1) is 45.8. The van der Waals surface area contributed by atoms with Crippen LogP contribution in [0.2, 0.25) is 0 Å². The summed E-state index contributed by atoms with van der Waals surface area (Å²) in [5.41, 5.74) is 22.0. The van der Waals surface area contributed by atoms with Gasteiger partial charge in [0.15, 0.2) is 0 Å². The van der Waals surface area contributed by atoms with Gasteiger partial charge in [-0.1, -0.05) is 172 Å². The van der Waals surface area contributed by atoms with Gasteiger partial charge in [-0.15, -0.1) is 11.3 Å². The molecule has 2 aliphatic heterocycles. The van der Waals surface area contributed by atoms with Crippen molar-refractivity contribution in [2.75, 3.05) is 14.7 Å². The second-order valence-electron chi connectivity index (χ2n) is 23.2. The molecule has 3 heterocycles. The van der Waals surface area contributed by atoms with E-state index >= 15 is 0 Å². The quantitative estimate of drug-likeness (QED) is 0.154. The molecule has 12 rings (SSSR count). The number of aryl methyl sites for hydroxylation is 1. The SMILES string of the molecule is Cc1cc2c3c(c1)N(c1ccc(C(C)(C)C)cc1-c1ccccc1)c1cc(N(c4ccccc4)c4ccc5c(c4)sc4ccccc45)ccc1B3c1cc(C(C)(C)C)ccc1N2c1ccc(C(C)(C)C)cc1. The molecule has 0 saturated carbocycles. The van der Waals surface area contributed by atoms with Gasteiger partial charge in [-0.3, -0.25) is 0 Å². The molecule has 354 valence electrons. The van der Waals surface area contributed by atoms with Crippen molar-refractivity contribution in [2.45, 2.75) is 85.5 Å². The highest BCUT2D eigenvalue weighted by atomic mass is 32.1. The molecule has 3 nitrogen and oxygen atoms in total. The standard InChI is InChI=1S/C67H62BN3S/c1-43-37-60-64-61(38-43)71(57-35-27-46(66(5,6)7)39-54(57)44-19-13-11-14-20-44)59-41-50(69(48-21-15-12-16-22-48)51-31-33-53-52-23-17-18-24-62(52)72-63(53)42-51)32-34-55(59)68(64)56-40-47(67(8,9)10)28-36-58(56)70(60)49-29-25-45(26-30-49)65(2,3)4/h11-42H,1-10H3. The minimum atomic E-state index is -0.0525. The van der Waals surface area contributed by atoms with Gasteiger partial charge in [0.2, 0.25) is 0 Å². The number of para-hydroxylation sites is 1. The summed E-state index contributed by atoms with van der Waals surface area (Å²) in [6.45, 7) is 23.1. The Bertz CT molecular complexity index is 3720. The molecule has 10 aromatic rings. The van der Waals surface area contributed by atoms with Gasteiger partial charge in [-0.25, -0.2) is 0 Å². The monoisotopic (exact) mass is 951 g/mol. The summed E-state index contributed by atoms with van der Waals surface area (Å²) in [5.74, 6) is 0. The van der Waals surface area contributed by atoms with Crippen LogP contribution in [0.3, 0.4) is 0 Å². The number of nitrogens with zero attached hydrogens (tertiary/aromatic N) is 3. The number of hydrogen-bond donors (Lipinski definition) is 0. The second kappa shape index (κ2) is 16.9. The van der Waals surface area contributed by atoms with E-state index < -0.39 is 0 Å². The summed E-state index contributed by atoms with van der Waals surface area (Å²) < 4.78 is 2.59. The molecular formula is C67H62BN3S. The van der Waals surface area contributed by atoms with Gasteiger partial charge in [0.25, 0.3) is 6.71 Å². The van der Waals surface area contributed by atoms with Crippen molar-refractivity contribution in [3.63, 3.8) is 0 Å². The molecule has 0 saturated heterocycles. The van der Waals surface area contributed by atoms with Crippen LogP contribution in [0.25, 0.3) is 31.3 Å². The van der Waals surface area contributed by atoms with Crippen LogP contribution >= 0.6 is 11.3 Å². The van der Waals surface area contributed by atoms with Crippen LogP contribution in [-0.4, -0.2) is 6.71 Å². The highest BCUT2D eigenvalue weighted by Gasteiger charge is 2.44. The first-order chi connectivity index (χ1) is 34.5. The van der Waals surface area contributed by atoms with Gasteiger partial charge in [0.05, 0.1) is 5.69 Å². The molecule has 1 aromatic heterocycles. The Balaban J connectivity index is 1.16. The molecule has 2 aliphatic rings. The fourth-order valence-electron chi connectivity index (χ4n) is 11.3. The number of fused-ring (bicyclic) bond motifs is 7. The zero-order chi connectivity index (χ0) is 49.8. The van der Waals surface area contributed by atoms with Gasteiger partial charge in [-0.2, -0.15) is 0 Å². The maximum Gasteiger partial charge on any atom is 0.252 e. The number of thiophene rings is 1. The summed E-state index contributed by atoms with van der Waals surface area (Å²) in [4.78, 5) is 7.62. The molecule has 5 heteroatoms. The molecule has 0 spiro atoms. The molecule has 0 radical (unpaired) electrons. The number of anilines is 9. The van der Waals surface area contributed by atoms with Crippen molar-refractivity contribution in [3.8, 4) is 11.1 Å². The van der Waals surface area contributed by atoms with Crippen molar-refractivity contribution in [1.82, 2.24) is 0 Å². The number of benzene rings is 9. The molecular weight excluding hydrogens is 890 g/mol. The van der Waals surface area contributed by atoms with Crippen molar-refractivity contribution >= 4 is 106 Å². The molecule has 0 N–H and O–H groups in total. The van der Waals surface area contributed by atoms with Crippen LogP contribution in [0.1, 0.15) is 84.6 Å². The van der Waals surface area contributed by atoms with E-state index in [9.17, 15) is 0 Å². The highest BCUT2D eigenvalue weighted by Crippen LogP contribution is 2.50. The van der Waals surface area contributed by atoms with Crippen LogP contribution in [-0.2, 0) is 16.2 Å². The van der Waals surface area contributed by atoms with Gasteiger partial charge >= 0.3 is 0 Å². The van der Waals surface area contributed by atoms with E-state index in [1.54, 1.807) is 0 Å². The van der Waals surface area contributed by atoms with Gasteiger partial charge < -0.3 is 14.7 Å². The molecule has 9 aromatic carbocycles. The fraction of sp³-hybridized carbons (Fsp3) is 0.194. The molecule has 0 fully saturated rings. The Morgan fingerprint density at radius 2 is 0.972 bits per heavy atom. The third-order valence-electron chi connectivity index (χ3n) is 15.1. The second-order valence-corrected chi connectivity index (χ2v) is 24.3. The molecule has 0 amide bonds. The van der Waals surface area contributed by atoms with Crippen LogP contribution in [0, 0.1) is 6.92 Å². The minimum absolute atomic E-state index is 0.0348.